The van der Waals surface area contributed by atoms with Crippen LogP contribution in [0.2, 0.25) is 0 Å². The Bertz CT molecular complexity index is 197. The lowest BCUT2D eigenvalue weighted by Gasteiger charge is -2.32. The van der Waals surface area contributed by atoms with Crippen LogP contribution < -0.4 is 4.90 Å². The van der Waals surface area contributed by atoms with Crippen molar-refractivity contribution in [1.29, 1.82) is 0 Å². The summed E-state index contributed by atoms with van der Waals surface area (Å²) < 4.78 is 0. The first-order valence-corrected chi connectivity index (χ1v) is 6.29. The first kappa shape index (κ1) is 11.9. The van der Waals surface area contributed by atoms with Gasteiger partial charge in [-0.3, -0.25) is 0 Å². The number of nitrogens with one attached hydrogen (secondary N) is 1. The molecule has 0 spiro atoms. The van der Waals surface area contributed by atoms with Crippen LogP contribution in [0.4, 0.5) is 0 Å². The fraction of sp³-hybridized carbons (Fsp3) is 0.800. The molecule has 0 aromatic carbocycles. The Labute approximate surface area is 90.9 Å². The number of likely N-dealkylation sites (tertiary alicyclic amines) is 1. The van der Waals surface area contributed by atoms with Gasteiger partial charge in [0.15, 0.2) is 0 Å². The summed E-state index contributed by atoms with van der Waals surface area (Å²) in [6.45, 7) is 6.96. The topological polar surface area (TPSA) is 26.0 Å². The van der Waals surface area contributed by atoms with Crippen LogP contribution >= 0.6 is 11.8 Å². The minimum Gasteiger partial charge on any atom is -0.466 e. The molecular formula is C10H20N2OS. The molecule has 1 heterocycles. The lowest BCUT2D eigenvalue weighted by Crippen LogP contribution is -3.09. The quantitative estimate of drug-likeness (QED) is 0.549. The molecule has 1 saturated heterocycles. The molecule has 0 saturated carbocycles. The van der Waals surface area contributed by atoms with E-state index in [-0.39, 0.29) is 0 Å². The van der Waals surface area contributed by atoms with E-state index in [1.165, 1.54) is 10.6 Å². The number of hydrogen-bond acceptors (Lipinski definition) is 3. The van der Waals surface area contributed by atoms with E-state index in [0.717, 1.165) is 25.3 Å². The lowest BCUT2D eigenvalue weighted by atomic mass is 10.1. The summed E-state index contributed by atoms with van der Waals surface area (Å²) in [6.07, 6.45) is 1.02. The molecule has 0 bridgehead atoms. The molecule has 0 amide bonds. The van der Waals surface area contributed by atoms with Gasteiger partial charge in [0.2, 0.25) is 0 Å². The predicted octanol–water partition coefficient (Wildman–Crippen LogP) is 0.581. The number of quaternary nitrogens is 1. The molecule has 14 heavy (non-hydrogen) atoms. The molecule has 82 valence electrons. The van der Waals surface area contributed by atoms with Crippen molar-refractivity contribution in [2.75, 3.05) is 25.4 Å². The first-order chi connectivity index (χ1) is 6.77. The Morgan fingerprint density at radius 1 is 1.64 bits per heavy atom. The van der Waals surface area contributed by atoms with Crippen LogP contribution in [-0.2, 0) is 4.84 Å². The summed E-state index contributed by atoms with van der Waals surface area (Å²) in [6, 6.07) is 0. The predicted molar refractivity (Wildman–Crippen MR) is 61.7 cm³/mol. The van der Waals surface area contributed by atoms with Crippen LogP contribution in [0.3, 0.4) is 0 Å². The molecule has 1 N–H and O–H groups in total. The lowest BCUT2D eigenvalue weighted by molar-refractivity contribution is -0.853. The highest BCUT2D eigenvalue weighted by molar-refractivity contribution is 8.00. The molecule has 3 nitrogen and oxygen atoms in total. The molecule has 0 aromatic rings. The minimum absolute atomic E-state index is 0.507. The van der Waals surface area contributed by atoms with Crippen LogP contribution in [-0.4, -0.2) is 36.4 Å². The summed E-state index contributed by atoms with van der Waals surface area (Å²) in [5.41, 5.74) is 1.21. The zero-order chi connectivity index (χ0) is 10.4. The van der Waals surface area contributed by atoms with Gasteiger partial charge in [-0.15, -0.1) is 11.8 Å². The highest BCUT2D eigenvalue weighted by atomic mass is 32.2. The summed E-state index contributed by atoms with van der Waals surface area (Å²) in [4.78, 5) is 6.48. The van der Waals surface area contributed by atoms with E-state index in [1.54, 1.807) is 0 Å². The Kier molecular flexibility index (Phi) is 5.33. The average Bonchev–Trinajstić information content (AvgIpc) is 2.17. The van der Waals surface area contributed by atoms with Crippen molar-refractivity contribution in [3.8, 4) is 0 Å². The molecule has 2 unspecified atom stereocenters. The minimum atomic E-state index is 0.507. The molecule has 2 atom stereocenters. The zero-order valence-electron chi connectivity index (χ0n) is 9.08. The molecule has 1 aliphatic heterocycles. The highest BCUT2D eigenvalue weighted by Gasteiger charge is 2.24. The fourth-order valence-electron chi connectivity index (χ4n) is 1.56. The van der Waals surface area contributed by atoms with Gasteiger partial charge in [0.25, 0.3) is 0 Å². The molecule has 0 radical (unpaired) electrons. The summed E-state index contributed by atoms with van der Waals surface area (Å²) >= 11 is 1.94. The van der Waals surface area contributed by atoms with Gasteiger partial charge in [0.05, 0.1) is 24.1 Å². The van der Waals surface area contributed by atoms with Gasteiger partial charge in [0.1, 0.15) is 6.61 Å². The van der Waals surface area contributed by atoms with Crippen LogP contribution in [0.1, 0.15) is 20.3 Å². The van der Waals surface area contributed by atoms with Gasteiger partial charge in [-0.1, -0.05) is 12.1 Å². The summed E-state index contributed by atoms with van der Waals surface area (Å²) in [5, 5.41) is 4.70. The standard InChI is InChI=1S/C10H20N2OS/c1-4-13-11-9-6-7-12(3)8-10(9)14-5-2/h10,12H,3-8H2,1-2H3/b11-9+. The number of hydrogen-bond donors (Lipinski definition) is 1. The second-order valence-electron chi connectivity index (χ2n) is 3.40. The van der Waals surface area contributed by atoms with Gasteiger partial charge in [-0.05, 0) is 12.7 Å². The molecule has 1 rings (SSSR count). The van der Waals surface area contributed by atoms with Crippen molar-refractivity contribution < 1.29 is 9.74 Å². The maximum atomic E-state index is 5.13. The monoisotopic (exact) mass is 216 g/mol. The second kappa shape index (κ2) is 6.30. The van der Waals surface area contributed by atoms with E-state index in [9.17, 15) is 0 Å². The fourth-order valence-corrected chi connectivity index (χ4v) is 2.67. The van der Waals surface area contributed by atoms with E-state index in [1.807, 2.05) is 18.7 Å². The normalized spacial score (nSPS) is 30.6. The molecular weight excluding hydrogens is 196 g/mol. The van der Waals surface area contributed by atoms with E-state index >= 15 is 0 Å². The zero-order valence-corrected chi connectivity index (χ0v) is 9.90. The van der Waals surface area contributed by atoms with Crippen molar-refractivity contribution in [1.82, 2.24) is 0 Å². The van der Waals surface area contributed by atoms with Gasteiger partial charge >= 0.3 is 0 Å². The Morgan fingerprint density at radius 3 is 3.07 bits per heavy atom. The number of thioether (sulfide) groups is 1. The molecule has 4 heteroatoms. The van der Waals surface area contributed by atoms with Crippen LogP contribution in [0, 0.1) is 7.05 Å². The molecule has 1 aliphatic rings. The van der Waals surface area contributed by atoms with E-state index in [2.05, 4.69) is 19.1 Å². The van der Waals surface area contributed by atoms with Crippen LogP contribution in [0.5, 0.6) is 0 Å². The molecule has 1 fully saturated rings. The third-order valence-electron chi connectivity index (χ3n) is 2.26. The Hall–Kier alpha value is -0.220. The van der Waals surface area contributed by atoms with Crippen LogP contribution in [0.25, 0.3) is 0 Å². The SMILES string of the molecule is [CH2-][NH+]1CC/C(=N\OCC)C(SCC)C1. The number of rotatable bonds is 4. The van der Waals surface area contributed by atoms with Gasteiger partial charge in [0, 0.05) is 6.42 Å². The first-order valence-electron chi connectivity index (χ1n) is 5.24. The van der Waals surface area contributed by atoms with E-state index < -0.39 is 0 Å². The third kappa shape index (κ3) is 3.50. The largest absolute Gasteiger partial charge is 0.466 e. The molecule has 0 aliphatic carbocycles. The summed E-state index contributed by atoms with van der Waals surface area (Å²) in [7, 11) is 4.05. The second-order valence-corrected chi connectivity index (χ2v) is 4.88. The number of oxime groups is 1. The Morgan fingerprint density at radius 2 is 2.43 bits per heavy atom. The van der Waals surface area contributed by atoms with E-state index in [0.29, 0.717) is 11.9 Å². The van der Waals surface area contributed by atoms with Crippen molar-refractivity contribution >= 4 is 17.5 Å². The van der Waals surface area contributed by atoms with E-state index in [4.69, 9.17) is 4.84 Å². The van der Waals surface area contributed by atoms with Crippen molar-refractivity contribution in [2.45, 2.75) is 25.5 Å². The van der Waals surface area contributed by atoms with Gasteiger partial charge in [-0.2, -0.15) is 7.05 Å². The van der Waals surface area contributed by atoms with Gasteiger partial charge < -0.3 is 9.74 Å². The Balaban J connectivity index is 2.52. The van der Waals surface area contributed by atoms with Crippen molar-refractivity contribution in [3.63, 3.8) is 0 Å². The summed E-state index contributed by atoms with van der Waals surface area (Å²) in [5.74, 6) is 1.13. The highest BCUT2D eigenvalue weighted by Crippen LogP contribution is 2.14. The molecule has 0 aromatic heterocycles. The van der Waals surface area contributed by atoms with Crippen LogP contribution in [0.15, 0.2) is 5.16 Å². The maximum absolute atomic E-state index is 5.13. The average molecular weight is 216 g/mol. The number of nitrogens with zero attached hydrogens (tertiary/aromatic N) is 1. The van der Waals surface area contributed by atoms with Crippen molar-refractivity contribution in [2.24, 2.45) is 5.16 Å². The van der Waals surface area contributed by atoms with Gasteiger partial charge in [-0.25, -0.2) is 0 Å². The maximum Gasteiger partial charge on any atom is 0.114 e. The smallest absolute Gasteiger partial charge is 0.114 e. The van der Waals surface area contributed by atoms with Crippen molar-refractivity contribution in [3.05, 3.63) is 7.05 Å². The third-order valence-corrected chi connectivity index (χ3v) is 3.43. The number of piperidine rings is 1.